The number of amides is 1. The monoisotopic (exact) mass is 562 g/mol. The third-order valence-electron chi connectivity index (χ3n) is 7.56. The molecule has 6 rings (SSSR count). The Morgan fingerprint density at radius 1 is 0.952 bits per heavy atom. The Balaban J connectivity index is 1.15. The summed E-state index contributed by atoms with van der Waals surface area (Å²) >= 11 is 0. The van der Waals surface area contributed by atoms with Gasteiger partial charge in [0.2, 0.25) is 5.91 Å². The summed E-state index contributed by atoms with van der Waals surface area (Å²) in [6.07, 6.45) is 4.69. The van der Waals surface area contributed by atoms with Gasteiger partial charge in [-0.1, -0.05) is 30.3 Å². The van der Waals surface area contributed by atoms with E-state index in [1.165, 1.54) is 6.33 Å². The molecule has 0 bridgehead atoms. The van der Waals surface area contributed by atoms with Crippen molar-refractivity contribution in [3.63, 3.8) is 0 Å². The Bertz CT molecular complexity index is 1670. The zero-order chi connectivity index (χ0) is 28.9. The molecule has 5 aromatic rings. The number of anilines is 3. The van der Waals surface area contributed by atoms with E-state index < -0.39 is 0 Å². The number of hydrogen-bond donors (Lipinski definition) is 3. The van der Waals surface area contributed by atoms with Gasteiger partial charge in [-0.3, -0.25) is 4.79 Å². The predicted octanol–water partition coefficient (Wildman–Crippen LogP) is 5.51. The average Bonchev–Trinajstić information content (AvgIpc) is 3.41. The fourth-order valence-corrected chi connectivity index (χ4v) is 5.48. The number of nitrogens with zero attached hydrogens (tertiary/aromatic N) is 5. The van der Waals surface area contributed by atoms with Gasteiger partial charge < -0.3 is 26.4 Å². The van der Waals surface area contributed by atoms with Crippen LogP contribution in [0.3, 0.4) is 0 Å². The number of aromatic nitrogens is 4. The molecule has 42 heavy (non-hydrogen) atoms. The maximum absolute atomic E-state index is 12.5. The number of nitrogens with one attached hydrogen (secondary N) is 1. The Morgan fingerprint density at radius 3 is 2.52 bits per heavy atom. The minimum Gasteiger partial charge on any atom is -0.457 e. The van der Waals surface area contributed by atoms with Gasteiger partial charge in [-0.2, -0.15) is 5.10 Å². The molecule has 1 aliphatic rings. The second kappa shape index (κ2) is 12.3. The number of hydrogen-bond acceptors (Lipinski definition) is 8. The summed E-state index contributed by atoms with van der Waals surface area (Å²) in [5.74, 6) is 1.89. The number of likely N-dealkylation sites (tertiary alicyclic amines) is 1. The summed E-state index contributed by atoms with van der Waals surface area (Å²) in [4.78, 5) is 23.7. The molecule has 1 amide bonds. The molecule has 3 heterocycles. The molecule has 1 atom stereocenters. The number of rotatable bonds is 9. The van der Waals surface area contributed by atoms with Gasteiger partial charge in [0.15, 0.2) is 5.65 Å². The van der Waals surface area contributed by atoms with Crippen molar-refractivity contribution in [2.75, 3.05) is 36.4 Å². The predicted molar refractivity (Wildman–Crippen MR) is 165 cm³/mol. The summed E-state index contributed by atoms with van der Waals surface area (Å²) in [6.45, 7) is 2.62. The molecule has 0 radical (unpaired) electrons. The molecule has 3 aromatic carbocycles. The number of carbonyl (C=O) groups excluding carboxylic acids is 1. The molecule has 0 aliphatic carbocycles. The van der Waals surface area contributed by atoms with E-state index in [1.54, 1.807) is 6.07 Å². The number of carbonyl (C=O) groups is 1. The van der Waals surface area contributed by atoms with Crippen molar-refractivity contribution < 1.29 is 9.53 Å². The van der Waals surface area contributed by atoms with Crippen LogP contribution in [-0.4, -0.2) is 50.2 Å². The number of nitrogens with two attached hydrogens (primary N) is 2. The van der Waals surface area contributed by atoms with E-state index in [9.17, 15) is 4.79 Å². The van der Waals surface area contributed by atoms with Crippen LogP contribution in [0.2, 0.25) is 0 Å². The molecule has 214 valence electrons. The summed E-state index contributed by atoms with van der Waals surface area (Å²) in [5, 5.41) is 8.71. The van der Waals surface area contributed by atoms with Gasteiger partial charge in [0, 0.05) is 18.5 Å². The molecule has 1 fully saturated rings. The van der Waals surface area contributed by atoms with Crippen molar-refractivity contribution >= 4 is 34.1 Å². The third-order valence-corrected chi connectivity index (χ3v) is 7.56. The first-order valence-corrected chi connectivity index (χ1v) is 14.2. The molecule has 5 N–H and O–H groups in total. The zero-order valence-electron chi connectivity index (χ0n) is 23.3. The smallest absolute Gasteiger partial charge is 0.224 e. The Labute approximate surface area is 244 Å². The number of fused-ring (bicyclic) bond motifs is 1. The van der Waals surface area contributed by atoms with Crippen LogP contribution in [0.4, 0.5) is 17.2 Å². The minimum absolute atomic E-state index is 0.0310. The molecule has 10 heteroatoms. The lowest BCUT2D eigenvalue weighted by Gasteiger charge is -2.32. The normalized spacial score (nSPS) is 15.5. The van der Waals surface area contributed by atoms with Crippen LogP contribution in [0.25, 0.3) is 22.3 Å². The van der Waals surface area contributed by atoms with Crippen molar-refractivity contribution in [1.82, 2.24) is 24.6 Å². The lowest BCUT2D eigenvalue weighted by atomic mass is 10.1. The van der Waals surface area contributed by atoms with E-state index in [2.05, 4.69) is 20.2 Å². The van der Waals surface area contributed by atoms with Crippen LogP contribution >= 0.6 is 0 Å². The van der Waals surface area contributed by atoms with Crippen LogP contribution in [0.15, 0.2) is 85.2 Å². The zero-order valence-corrected chi connectivity index (χ0v) is 23.3. The molecule has 2 aromatic heterocycles. The molecule has 0 spiro atoms. The highest BCUT2D eigenvalue weighted by atomic mass is 16.5. The standard InChI is InChI=1S/C32H34N8O2/c33-26-11-4-5-12-27(26)37-28(41)13-7-19-39-18-6-8-23(20-39)40-32-29(31(34)35-21-36-32)30(38-40)22-14-16-25(17-15-22)42-24-9-2-1-3-10-24/h1-5,9-12,14-17,21,23H,6-8,13,18-20,33H2,(H,37,41)(H2,34,35,36). The van der Waals surface area contributed by atoms with Crippen LogP contribution in [0.1, 0.15) is 31.7 Å². The maximum Gasteiger partial charge on any atom is 0.224 e. The number of benzene rings is 3. The Morgan fingerprint density at radius 2 is 1.71 bits per heavy atom. The number of nitrogen functional groups attached to an aromatic ring is 2. The van der Waals surface area contributed by atoms with Gasteiger partial charge in [0.05, 0.1) is 22.8 Å². The molecule has 1 saturated heterocycles. The SMILES string of the molecule is Nc1ccccc1NC(=O)CCCN1CCCC(n2nc(-c3ccc(Oc4ccccc4)cc3)c3c(N)ncnc32)C1. The second-order valence-corrected chi connectivity index (χ2v) is 10.5. The largest absolute Gasteiger partial charge is 0.457 e. The number of para-hydroxylation sites is 3. The van der Waals surface area contributed by atoms with Gasteiger partial charge in [-0.15, -0.1) is 0 Å². The van der Waals surface area contributed by atoms with Crippen molar-refractivity contribution in [3.05, 3.63) is 85.2 Å². The lowest BCUT2D eigenvalue weighted by molar-refractivity contribution is -0.116. The van der Waals surface area contributed by atoms with Crippen molar-refractivity contribution in [3.8, 4) is 22.8 Å². The lowest BCUT2D eigenvalue weighted by Crippen LogP contribution is -2.37. The van der Waals surface area contributed by atoms with Gasteiger partial charge >= 0.3 is 0 Å². The first-order valence-electron chi connectivity index (χ1n) is 14.2. The van der Waals surface area contributed by atoms with Crippen LogP contribution in [0, 0.1) is 0 Å². The van der Waals surface area contributed by atoms with Crippen LogP contribution in [0.5, 0.6) is 11.5 Å². The highest BCUT2D eigenvalue weighted by Crippen LogP contribution is 2.35. The number of ether oxygens (including phenoxy) is 1. The van der Waals surface area contributed by atoms with E-state index in [-0.39, 0.29) is 11.9 Å². The average molecular weight is 563 g/mol. The highest BCUT2D eigenvalue weighted by molar-refractivity contribution is 5.98. The minimum atomic E-state index is -0.0310. The van der Waals surface area contributed by atoms with E-state index in [0.717, 1.165) is 72.7 Å². The topological polar surface area (TPSA) is 137 Å². The second-order valence-electron chi connectivity index (χ2n) is 10.5. The van der Waals surface area contributed by atoms with Gasteiger partial charge in [0.1, 0.15) is 29.3 Å². The third kappa shape index (κ3) is 6.03. The van der Waals surface area contributed by atoms with E-state index >= 15 is 0 Å². The summed E-state index contributed by atoms with van der Waals surface area (Å²) in [7, 11) is 0. The summed E-state index contributed by atoms with van der Waals surface area (Å²) in [5.41, 5.74) is 15.9. The quantitative estimate of drug-likeness (QED) is 0.200. The highest BCUT2D eigenvalue weighted by Gasteiger charge is 2.26. The van der Waals surface area contributed by atoms with Crippen molar-refractivity contribution in [2.45, 2.75) is 31.7 Å². The Kier molecular flexibility index (Phi) is 7.96. The molecule has 1 aliphatic heterocycles. The van der Waals surface area contributed by atoms with E-state index in [1.807, 2.05) is 77.5 Å². The molecule has 0 saturated carbocycles. The summed E-state index contributed by atoms with van der Waals surface area (Å²) < 4.78 is 7.97. The maximum atomic E-state index is 12.5. The molecular weight excluding hydrogens is 528 g/mol. The van der Waals surface area contributed by atoms with Gasteiger partial charge in [-0.25, -0.2) is 14.6 Å². The first-order chi connectivity index (χ1) is 20.5. The fourth-order valence-electron chi connectivity index (χ4n) is 5.48. The summed E-state index contributed by atoms with van der Waals surface area (Å²) in [6, 6.07) is 24.9. The van der Waals surface area contributed by atoms with Crippen LogP contribution in [-0.2, 0) is 4.79 Å². The van der Waals surface area contributed by atoms with Crippen LogP contribution < -0.4 is 21.5 Å². The molecular formula is C32H34N8O2. The number of piperidine rings is 1. The fraction of sp³-hybridized carbons (Fsp3) is 0.250. The molecule has 1 unspecified atom stereocenters. The van der Waals surface area contributed by atoms with Gasteiger partial charge in [-0.05, 0) is 80.9 Å². The molecule has 10 nitrogen and oxygen atoms in total. The van der Waals surface area contributed by atoms with Crippen molar-refractivity contribution in [2.24, 2.45) is 0 Å². The van der Waals surface area contributed by atoms with Crippen molar-refractivity contribution in [1.29, 1.82) is 0 Å². The Hall–Kier alpha value is -4.96. The van der Waals surface area contributed by atoms with E-state index in [0.29, 0.717) is 23.6 Å². The first kappa shape index (κ1) is 27.2. The van der Waals surface area contributed by atoms with E-state index in [4.69, 9.17) is 21.3 Å². The van der Waals surface area contributed by atoms with Gasteiger partial charge in [0.25, 0.3) is 0 Å².